The number of para-hydroxylation sites is 1. The van der Waals surface area contributed by atoms with Crippen molar-refractivity contribution in [2.24, 2.45) is 5.10 Å². The van der Waals surface area contributed by atoms with Crippen molar-refractivity contribution >= 4 is 40.2 Å². The summed E-state index contributed by atoms with van der Waals surface area (Å²) in [5.41, 5.74) is 2.75. The zero-order valence-electron chi connectivity index (χ0n) is 16.5. The van der Waals surface area contributed by atoms with E-state index in [0.29, 0.717) is 10.6 Å². The Labute approximate surface area is 184 Å². The zero-order valence-corrected chi connectivity index (χ0v) is 17.3. The molecule has 2 aromatic carbocycles. The van der Waals surface area contributed by atoms with Gasteiger partial charge in [-0.05, 0) is 24.3 Å². The number of nitro benzene ring substituents is 1. The number of non-ortho nitro benzene ring substituents is 1. The molecule has 164 valence electrons. The van der Waals surface area contributed by atoms with Crippen LogP contribution in [-0.2, 0) is 11.2 Å². The highest BCUT2D eigenvalue weighted by atomic mass is 32.1. The number of benzene rings is 2. The van der Waals surface area contributed by atoms with Gasteiger partial charge in [0.2, 0.25) is 11.0 Å². The molecule has 3 N–H and O–H groups in total. The number of aromatic hydroxyl groups is 1. The number of anilines is 1. The van der Waals surface area contributed by atoms with Crippen molar-refractivity contribution in [3.05, 3.63) is 68.7 Å². The minimum absolute atomic E-state index is 0.106. The van der Waals surface area contributed by atoms with Crippen molar-refractivity contribution in [2.75, 3.05) is 12.4 Å². The summed E-state index contributed by atoms with van der Waals surface area (Å²) in [4.78, 5) is 34.4. The minimum atomic E-state index is -0.562. The standard InChI is InChI=1S/C19H16N6O6S/c1-31-14-4-2-3-12(17(14)27)10-20-22-15(26)9-16-23-24-19(32-16)21-18(28)11-5-7-13(8-6-11)25(29)30/h2-8,10,27H,9H2,1H3,(H,22,26)(H,21,24,28)/b20-10-. The number of amides is 2. The van der Waals surface area contributed by atoms with Crippen LogP contribution < -0.4 is 15.5 Å². The summed E-state index contributed by atoms with van der Waals surface area (Å²) in [5, 5.41) is 35.1. The molecule has 13 heteroatoms. The van der Waals surface area contributed by atoms with Crippen LogP contribution in [0.1, 0.15) is 20.9 Å². The molecule has 3 aromatic rings. The number of nitrogens with one attached hydrogen (secondary N) is 2. The third kappa shape index (κ3) is 5.60. The van der Waals surface area contributed by atoms with E-state index in [2.05, 4.69) is 26.0 Å². The van der Waals surface area contributed by atoms with E-state index in [0.717, 1.165) is 11.3 Å². The number of ether oxygens (including phenoxy) is 1. The summed E-state index contributed by atoms with van der Waals surface area (Å²) in [6.45, 7) is 0. The van der Waals surface area contributed by atoms with Crippen LogP contribution in [0.25, 0.3) is 0 Å². The molecule has 0 radical (unpaired) electrons. The van der Waals surface area contributed by atoms with Gasteiger partial charge in [0.1, 0.15) is 5.01 Å². The topological polar surface area (TPSA) is 169 Å². The van der Waals surface area contributed by atoms with Crippen LogP contribution in [0.15, 0.2) is 47.6 Å². The van der Waals surface area contributed by atoms with Gasteiger partial charge in [0, 0.05) is 23.3 Å². The molecule has 12 nitrogen and oxygen atoms in total. The Hall–Kier alpha value is -4.39. The van der Waals surface area contributed by atoms with Gasteiger partial charge >= 0.3 is 0 Å². The molecule has 0 saturated heterocycles. The fourth-order valence-electron chi connectivity index (χ4n) is 2.44. The fourth-order valence-corrected chi connectivity index (χ4v) is 3.17. The molecule has 2 amide bonds. The summed E-state index contributed by atoms with van der Waals surface area (Å²) in [6, 6.07) is 9.92. The summed E-state index contributed by atoms with van der Waals surface area (Å²) >= 11 is 0.998. The molecular formula is C19H16N6O6S. The predicted octanol–water partition coefficient (Wildman–Crippen LogP) is 2.11. The van der Waals surface area contributed by atoms with Gasteiger partial charge in [-0.2, -0.15) is 5.10 Å². The third-order valence-electron chi connectivity index (χ3n) is 3.98. The number of carbonyl (C=O) groups is 2. The van der Waals surface area contributed by atoms with Gasteiger partial charge in [-0.15, -0.1) is 10.2 Å². The van der Waals surface area contributed by atoms with Gasteiger partial charge in [-0.1, -0.05) is 17.4 Å². The fraction of sp³-hybridized carbons (Fsp3) is 0.105. The van der Waals surface area contributed by atoms with Gasteiger partial charge in [0.15, 0.2) is 11.5 Å². The first kappa shape index (κ1) is 22.3. The van der Waals surface area contributed by atoms with Crippen LogP contribution in [0, 0.1) is 10.1 Å². The van der Waals surface area contributed by atoms with E-state index in [1.54, 1.807) is 18.2 Å². The van der Waals surface area contributed by atoms with E-state index in [1.807, 2.05) is 0 Å². The summed E-state index contributed by atoms with van der Waals surface area (Å²) < 4.78 is 4.99. The average molecular weight is 456 g/mol. The average Bonchev–Trinajstić information content (AvgIpc) is 3.21. The van der Waals surface area contributed by atoms with Gasteiger partial charge in [-0.3, -0.25) is 25.0 Å². The Kier molecular flexibility index (Phi) is 7.02. The highest BCUT2D eigenvalue weighted by Gasteiger charge is 2.14. The summed E-state index contributed by atoms with van der Waals surface area (Å²) in [7, 11) is 1.42. The number of nitrogens with zero attached hydrogens (tertiary/aromatic N) is 4. The van der Waals surface area contributed by atoms with Crippen molar-refractivity contribution < 1.29 is 24.4 Å². The second-order valence-electron chi connectivity index (χ2n) is 6.13. The number of methoxy groups -OCH3 is 1. The molecular weight excluding hydrogens is 440 g/mol. The minimum Gasteiger partial charge on any atom is -0.504 e. The molecule has 0 saturated carbocycles. The molecule has 0 aliphatic heterocycles. The van der Waals surface area contributed by atoms with Crippen molar-refractivity contribution in [2.45, 2.75) is 6.42 Å². The Bertz CT molecular complexity index is 1180. The SMILES string of the molecule is COc1cccc(/C=N\NC(=O)Cc2nnc(NC(=O)c3ccc([N+](=O)[O-])cc3)s2)c1O. The number of rotatable bonds is 8. The van der Waals surface area contributed by atoms with Crippen LogP contribution in [-0.4, -0.2) is 45.4 Å². The van der Waals surface area contributed by atoms with Crippen LogP contribution in [0.5, 0.6) is 11.5 Å². The first-order chi connectivity index (χ1) is 15.4. The van der Waals surface area contributed by atoms with Gasteiger partial charge in [-0.25, -0.2) is 5.43 Å². The molecule has 0 bridgehead atoms. The van der Waals surface area contributed by atoms with Gasteiger partial charge in [0.25, 0.3) is 11.6 Å². The summed E-state index contributed by atoms with van der Waals surface area (Å²) in [5.74, 6) is -0.828. The zero-order chi connectivity index (χ0) is 23.1. The smallest absolute Gasteiger partial charge is 0.269 e. The van der Waals surface area contributed by atoms with E-state index < -0.39 is 16.7 Å². The highest BCUT2D eigenvalue weighted by molar-refractivity contribution is 7.15. The molecule has 0 fully saturated rings. The first-order valence-electron chi connectivity index (χ1n) is 8.93. The van der Waals surface area contributed by atoms with Crippen LogP contribution in [0.3, 0.4) is 0 Å². The lowest BCUT2D eigenvalue weighted by Crippen LogP contribution is -2.19. The van der Waals surface area contributed by atoms with Crippen LogP contribution >= 0.6 is 11.3 Å². The van der Waals surface area contributed by atoms with Crippen molar-refractivity contribution in [3.63, 3.8) is 0 Å². The van der Waals surface area contributed by atoms with E-state index in [4.69, 9.17) is 4.74 Å². The molecule has 1 aromatic heterocycles. The monoisotopic (exact) mass is 456 g/mol. The third-order valence-corrected chi connectivity index (χ3v) is 4.82. The van der Waals surface area contributed by atoms with Crippen molar-refractivity contribution in [1.82, 2.24) is 15.6 Å². The number of phenols is 1. The maximum absolute atomic E-state index is 12.2. The van der Waals surface area contributed by atoms with Gasteiger partial charge in [0.05, 0.1) is 24.7 Å². The summed E-state index contributed by atoms with van der Waals surface area (Å²) in [6.07, 6.45) is 1.14. The first-order valence-corrected chi connectivity index (χ1v) is 9.75. The molecule has 0 aliphatic carbocycles. The molecule has 0 atom stereocenters. The number of nitro groups is 1. The highest BCUT2D eigenvalue weighted by Crippen LogP contribution is 2.27. The second kappa shape index (κ2) is 10.1. The van der Waals surface area contributed by atoms with Crippen LogP contribution in [0.2, 0.25) is 0 Å². The Morgan fingerprint density at radius 1 is 1.25 bits per heavy atom. The van der Waals surface area contributed by atoms with E-state index in [-0.39, 0.29) is 34.3 Å². The van der Waals surface area contributed by atoms with E-state index in [9.17, 15) is 24.8 Å². The van der Waals surface area contributed by atoms with Crippen molar-refractivity contribution in [1.29, 1.82) is 0 Å². The number of aromatic nitrogens is 2. The maximum atomic E-state index is 12.2. The molecule has 3 rings (SSSR count). The van der Waals surface area contributed by atoms with Gasteiger partial charge < -0.3 is 9.84 Å². The molecule has 1 heterocycles. The molecule has 32 heavy (non-hydrogen) atoms. The lowest BCUT2D eigenvalue weighted by molar-refractivity contribution is -0.384. The molecule has 0 spiro atoms. The largest absolute Gasteiger partial charge is 0.504 e. The number of hydrogen-bond donors (Lipinski definition) is 3. The lowest BCUT2D eigenvalue weighted by Gasteiger charge is -2.04. The van der Waals surface area contributed by atoms with Crippen molar-refractivity contribution in [3.8, 4) is 11.5 Å². The lowest BCUT2D eigenvalue weighted by atomic mass is 10.2. The predicted molar refractivity (Wildman–Crippen MR) is 115 cm³/mol. The van der Waals surface area contributed by atoms with E-state index in [1.165, 1.54) is 37.6 Å². The maximum Gasteiger partial charge on any atom is 0.269 e. The number of hydrogen-bond acceptors (Lipinski definition) is 10. The Balaban J connectivity index is 1.53. The number of phenolic OH excluding ortho intramolecular Hbond substituents is 1. The van der Waals surface area contributed by atoms with E-state index >= 15 is 0 Å². The van der Waals surface area contributed by atoms with Crippen LogP contribution in [0.4, 0.5) is 10.8 Å². The second-order valence-corrected chi connectivity index (χ2v) is 7.19. The normalized spacial score (nSPS) is 10.7. The Morgan fingerprint density at radius 2 is 2.00 bits per heavy atom. The number of hydrazone groups is 1. The Morgan fingerprint density at radius 3 is 2.69 bits per heavy atom. The molecule has 0 unspecified atom stereocenters. The quantitative estimate of drug-likeness (QED) is 0.263. The molecule has 0 aliphatic rings. The number of carbonyl (C=O) groups excluding carboxylic acids is 2.